The van der Waals surface area contributed by atoms with Gasteiger partial charge in [0.2, 0.25) is 0 Å². The second kappa shape index (κ2) is 9.80. The van der Waals surface area contributed by atoms with Gasteiger partial charge in [-0.3, -0.25) is 4.18 Å². The van der Waals surface area contributed by atoms with Gasteiger partial charge < -0.3 is 14.2 Å². The van der Waals surface area contributed by atoms with E-state index in [0.29, 0.717) is 11.6 Å². The lowest BCUT2D eigenvalue weighted by molar-refractivity contribution is 0.222. The molecule has 9 nitrogen and oxygen atoms in total. The van der Waals surface area contributed by atoms with Crippen molar-refractivity contribution in [1.29, 1.82) is 0 Å². The minimum absolute atomic E-state index is 0.0533. The van der Waals surface area contributed by atoms with Crippen LogP contribution >= 0.6 is 0 Å². The van der Waals surface area contributed by atoms with Crippen molar-refractivity contribution in [1.82, 2.24) is 14.8 Å². The Balaban J connectivity index is 1.82. The lowest BCUT2D eigenvalue weighted by Crippen LogP contribution is -2.11. The first kappa shape index (κ1) is 22.6. The number of aromatic nitrogens is 3. The van der Waals surface area contributed by atoms with E-state index < -0.39 is 10.1 Å². The Morgan fingerprint density at radius 2 is 1.61 bits per heavy atom. The first-order valence-corrected chi connectivity index (χ1v) is 11.4. The molecule has 0 aliphatic carbocycles. The van der Waals surface area contributed by atoms with Gasteiger partial charge in [-0.1, -0.05) is 0 Å². The maximum absolute atomic E-state index is 11.0. The fraction of sp³-hybridized carbons (Fsp3) is 0.333. The molecule has 166 valence electrons. The molecule has 0 radical (unpaired) electrons. The highest BCUT2D eigenvalue weighted by Crippen LogP contribution is 2.26. The average Bonchev–Trinajstić information content (AvgIpc) is 3.14. The summed E-state index contributed by atoms with van der Waals surface area (Å²) in [5.74, 6) is 1.92. The Bertz CT molecular complexity index is 1090. The predicted octanol–water partition coefficient (Wildman–Crippen LogP) is 3.09. The number of benzene rings is 2. The number of rotatable bonds is 10. The van der Waals surface area contributed by atoms with Crippen LogP contribution in [-0.4, -0.2) is 55.9 Å². The molecule has 0 saturated carbocycles. The number of hydrogen-bond donors (Lipinski definition) is 0. The summed E-state index contributed by atoms with van der Waals surface area (Å²) in [7, 11) is -1.87. The molecule has 0 spiro atoms. The van der Waals surface area contributed by atoms with Gasteiger partial charge in [-0.2, -0.15) is 13.4 Å². The highest BCUT2D eigenvalue weighted by atomic mass is 32.2. The Hall–Kier alpha value is -3.11. The Labute approximate surface area is 181 Å². The van der Waals surface area contributed by atoms with Crippen LogP contribution in [0.15, 0.2) is 48.5 Å². The van der Waals surface area contributed by atoms with E-state index in [9.17, 15) is 8.42 Å². The second-order valence-corrected chi connectivity index (χ2v) is 8.54. The quantitative estimate of drug-likeness (QED) is 0.345. The van der Waals surface area contributed by atoms with E-state index in [1.165, 1.54) is 0 Å². The molecular formula is C21H25N3O6S. The largest absolute Gasteiger partial charge is 0.497 e. The summed E-state index contributed by atoms with van der Waals surface area (Å²) in [4.78, 5) is 4.54. The van der Waals surface area contributed by atoms with Crippen molar-refractivity contribution in [2.24, 2.45) is 0 Å². The van der Waals surface area contributed by atoms with Gasteiger partial charge in [-0.05, 0) is 62.4 Å². The topological polar surface area (TPSA) is 102 Å². The zero-order chi connectivity index (χ0) is 22.4. The molecule has 1 aromatic heterocycles. The summed E-state index contributed by atoms with van der Waals surface area (Å²) >= 11 is 0. The molecule has 1 heterocycles. The molecule has 0 fully saturated rings. The Morgan fingerprint density at radius 1 is 0.968 bits per heavy atom. The zero-order valence-electron chi connectivity index (χ0n) is 17.8. The van der Waals surface area contributed by atoms with Crippen LogP contribution in [-0.2, 0) is 14.3 Å². The molecule has 0 atom stereocenters. The smallest absolute Gasteiger partial charge is 0.336 e. The molecule has 10 heteroatoms. The molecule has 2 aromatic carbocycles. The van der Waals surface area contributed by atoms with Crippen LogP contribution in [0.3, 0.4) is 0 Å². The summed E-state index contributed by atoms with van der Waals surface area (Å²) in [6, 6.07) is 15.0. The SMILES string of the molecule is COc1ccc(-n2nc(OC(C)C)nc2-c2ccc(OCCOS(C)(=O)=O)cc2)cc1. The summed E-state index contributed by atoms with van der Waals surface area (Å²) in [6.07, 6.45) is 0.933. The van der Waals surface area contributed by atoms with Gasteiger partial charge in [0, 0.05) is 5.56 Å². The maximum atomic E-state index is 11.0. The van der Waals surface area contributed by atoms with E-state index in [2.05, 4.69) is 14.3 Å². The average molecular weight is 448 g/mol. The summed E-state index contributed by atoms with van der Waals surface area (Å²) in [6.45, 7) is 3.88. The molecule has 3 aromatic rings. The van der Waals surface area contributed by atoms with Gasteiger partial charge in [0.1, 0.15) is 24.7 Å². The summed E-state index contributed by atoms with van der Waals surface area (Å²) in [5, 5.41) is 4.50. The monoisotopic (exact) mass is 447 g/mol. The third-order valence-electron chi connectivity index (χ3n) is 4.01. The molecule has 0 bridgehead atoms. The summed E-state index contributed by atoms with van der Waals surface area (Å²) in [5.41, 5.74) is 1.61. The molecular weight excluding hydrogens is 422 g/mol. The van der Waals surface area contributed by atoms with E-state index in [-0.39, 0.29) is 25.3 Å². The molecule has 0 N–H and O–H groups in total. The van der Waals surface area contributed by atoms with Crippen LogP contribution in [0, 0.1) is 0 Å². The van der Waals surface area contributed by atoms with Gasteiger partial charge in [-0.15, -0.1) is 5.10 Å². The fourth-order valence-corrected chi connectivity index (χ4v) is 3.06. The van der Waals surface area contributed by atoms with Crippen molar-refractivity contribution in [3.63, 3.8) is 0 Å². The third kappa shape index (κ3) is 6.43. The van der Waals surface area contributed by atoms with Crippen LogP contribution in [0.25, 0.3) is 17.1 Å². The van der Waals surface area contributed by atoms with Crippen molar-refractivity contribution in [3.8, 4) is 34.6 Å². The van der Waals surface area contributed by atoms with Crippen molar-refractivity contribution in [2.45, 2.75) is 20.0 Å². The molecule has 0 aliphatic heterocycles. The van der Waals surface area contributed by atoms with E-state index >= 15 is 0 Å². The standard InChI is InChI=1S/C21H25N3O6S/c1-15(2)30-21-22-20(24(23-21)17-7-11-18(27-3)12-8-17)16-5-9-19(10-6-16)28-13-14-29-31(4,25)26/h5-12,15H,13-14H2,1-4H3. The lowest BCUT2D eigenvalue weighted by Gasteiger charge is -2.09. The van der Waals surface area contributed by atoms with Crippen molar-refractivity contribution >= 4 is 10.1 Å². The van der Waals surface area contributed by atoms with Crippen LogP contribution in [0.4, 0.5) is 0 Å². The molecule has 0 saturated heterocycles. The zero-order valence-corrected chi connectivity index (χ0v) is 18.6. The first-order chi connectivity index (χ1) is 14.7. The molecule has 0 aliphatic rings. The van der Waals surface area contributed by atoms with Crippen LogP contribution in [0.5, 0.6) is 17.5 Å². The second-order valence-electron chi connectivity index (χ2n) is 6.89. The van der Waals surface area contributed by atoms with Crippen molar-refractivity contribution < 1.29 is 26.8 Å². The van der Waals surface area contributed by atoms with Gasteiger partial charge in [0.15, 0.2) is 5.82 Å². The van der Waals surface area contributed by atoms with E-state index in [1.54, 1.807) is 23.9 Å². The third-order valence-corrected chi connectivity index (χ3v) is 4.60. The maximum Gasteiger partial charge on any atom is 0.336 e. The number of nitrogens with zero attached hydrogens (tertiary/aromatic N) is 3. The normalized spacial score (nSPS) is 11.5. The highest BCUT2D eigenvalue weighted by molar-refractivity contribution is 7.85. The number of methoxy groups -OCH3 is 1. The fourth-order valence-electron chi connectivity index (χ4n) is 2.69. The molecule has 0 unspecified atom stereocenters. The van der Waals surface area contributed by atoms with E-state index in [1.807, 2.05) is 50.2 Å². The van der Waals surface area contributed by atoms with Crippen LogP contribution < -0.4 is 14.2 Å². The van der Waals surface area contributed by atoms with Gasteiger partial charge in [-0.25, -0.2) is 4.68 Å². The molecule has 0 amide bonds. The van der Waals surface area contributed by atoms with Crippen LogP contribution in [0.1, 0.15) is 13.8 Å². The Morgan fingerprint density at radius 3 is 2.19 bits per heavy atom. The predicted molar refractivity (Wildman–Crippen MR) is 115 cm³/mol. The number of hydrogen-bond acceptors (Lipinski definition) is 8. The van der Waals surface area contributed by atoms with Gasteiger partial charge >= 0.3 is 6.01 Å². The first-order valence-electron chi connectivity index (χ1n) is 9.61. The van der Waals surface area contributed by atoms with Crippen LogP contribution in [0.2, 0.25) is 0 Å². The lowest BCUT2D eigenvalue weighted by atomic mass is 10.2. The summed E-state index contributed by atoms with van der Waals surface area (Å²) < 4.78 is 44.8. The van der Waals surface area contributed by atoms with E-state index in [4.69, 9.17) is 14.2 Å². The van der Waals surface area contributed by atoms with Crippen molar-refractivity contribution in [2.75, 3.05) is 26.6 Å². The van der Waals surface area contributed by atoms with E-state index in [0.717, 1.165) is 23.3 Å². The molecule has 3 rings (SSSR count). The number of ether oxygens (including phenoxy) is 3. The minimum Gasteiger partial charge on any atom is -0.497 e. The Kier molecular flexibility index (Phi) is 7.13. The molecule has 31 heavy (non-hydrogen) atoms. The van der Waals surface area contributed by atoms with Gasteiger partial charge in [0.05, 0.1) is 25.2 Å². The van der Waals surface area contributed by atoms with Gasteiger partial charge in [0.25, 0.3) is 10.1 Å². The highest BCUT2D eigenvalue weighted by Gasteiger charge is 2.16. The minimum atomic E-state index is -3.48. The van der Waals surface area contributed by atoms with Crippen molar-refractivity contribution in [3.05, 3.63) is 48.5 Å².